The fourth-order valence-electron chi connectivity index (χ4n) is 4.64. The van der Waals surface area contributed by atoms with Gasteiger partial charge in [-0.05, 0) is 32.1 Å². The summed E-state index contributed by atoms with van der Waals surface area (Å²) in [5, 5.41) is 7.71. The minimum atomic E-state index is -1.03. The molecule has 5 heterocycles. The molecule has 174 valence electrons. The molecular weight excluding hydrogens is 428 g/mol. The van der Waals surface area contributed by atoms with Crippen molar-refractivity contribution < 1.29 is 13.5 Å². The third-order valence-corrected chi connectivity index (χ3v) is 8.03. The number of hydrogen-bond acceptors (Lipinski definition) is 9. The van der Waals surface area contributed by atoms with Gasteiger partial charge in [0.1, 0.15) is 10.7 Å². The van der Waals surface area contributed by atoms with Gasteiger partial charge in [-0.15, -0.1) is 0 Å². The molecule has 1 N–H and O–H groups in total. The first-order valence-electron chi connectivity index (χ1n) is 11.8. The van der Waals surface area contributed by atoms with Gasteiger partial charge in [-0.25, -0.2) is 4.98 Å². The fraction of sp³-hybridized carbons (Fsp3) is 0.727. The van der Waals surface area contributed by atoms with E-state index in [0.29, 0.717) is 11.8 Å². The van der Waals surface area contributed by atoms with Gasteiger partial charge >= 0.3 is 0 Å². The predicted molar refractivity (Wildman–Crippen MR) is 122 cm³/mol. The summed E-state index contributed by atoms with van der Waals surface area (Å²) in [5.41, 5.74) is 0.932. The number of piperidine rings is 1. The van der Waals surface area contributed by atoms with E-state index in [2.05, 4.69) is 34.2 Å². The van der Waals surface area contributed by atoms with E-state index in [-0.39, 0.29) is 11.8 Å². The maximum Gasteiger partial charge on any atom is 0.229 e. The maximum absolute atomic E-state index is 12.7. The topological polar surface area (TPSA) is 106 Å². The van der Waals surface area contributed by atoms with Gasteiger partial charge in [-0.2, -0.15) is 9.97 Å². The minimum absolute atomic E-state index is 0.267. The Morgan fingerprint density at radius 1 is 1.09 bits per heavy atom. The zero-order valence-corrected chi connectivity index (χ0v) is 19.7. The van der Waals surface area contributed by atoms with Crippen molar-refractivity contribution in [2.75, 3.05) is 42.3 Å². The Hall–Kier alpha value is -2.07. The lowest BCUT2D eigenvalue weighted by Crippen LogP contribution is -2.35. The van der Waals surface area contributed by atoms with Crippen LogP contribution >= 0.6 is 0 Å². The lowest BCUT2D eigenvalue weighted by molar-refractivity contribution is 0.144. The van der Waals surface area contributed by atoms with Crippen LogP contribution in [0.3, 0.4) is 0 Å². The van der Waals surface area contributed by atoms with Crippen LogP contribution in [0.1, 0.15) is 75.2 Å². The van der Waals surface area contributed by atoms with Gasteiger partial charge in [0.2, 0.25) is 11.8 Å². The number of fused-ring (bicyclic) bond motifs is 1. The van der Waals surface area contributed by atoms with Gasteiger partial charge in [0, 0.05) is 56.4 Å². The van der Waals surface area contributed by atoms with Crippen LogP contribution in [0, 0.1) is 0 Å². The molecule has 0 bridgehead atoms. The van der Waals surface area contributed by atoms with E-state index in [1.54, 1.807) is 0 Å². The first-order valence-corrected chi connectivity index (χ1v) is 13.1. The number of rotatable bonds is 5. The molecule has 32 heavy (non-hydrogen) atoms. The average molecular weight is 461 g/mol. The highest BCUT2D eigenvalue weighted by atomic mass is 32.2. The minimum Gasteiger partial charge on any atom is -0.381 e. The number of hydrogen-bond donors (Lipinski definition) is 1. The number of nitrogens with one attached hydrogen (secondary N) is 1. The van der Waals surface area contributed by atoms with Crippen molar-refractivity contribution in [3.63, 3.8) is 0 Å². The summed E-state index contributed by atoms with van der Waals surface area (Å²) in [4.78, 5) is 17.4. The Labute approximate surface area is 191 Å². The third-order valence-electron chi connectivity index (χ3n) is 6.57. The summed E-state index contributed by atoms with van der Waals surface area (Å²) < 4.78 is 23.8. The van der Waals surface area contributed by atoms with E-state index < -0.39 is 10.8 Å². The molecule has 2 aromatic heterocycles. The molecule has 5 rings (SSSR count). The first-order chi connectivity index (χ1) is 15.6. The highest BCUT2D eigenvalue weighted by molar-refractivity contribution is 7.85. The summed E-state index contributed by atoms with van der Waals surface area (Å²) in [6, 6.07) is 0.292. The molecule has 0 aliphatic carbocycles. The number of nitrogens with zero attached hydrogens (tertiary/aromatic N) is 5. The Balaban J connectivity index is 1.32. The second kappa shape index (κ2) is 9.43. The third kappa shape index (κ3) is 4.52. The van der Waals surface area contributed by atoms with Crippen molar-refractivity contribution in [1.82, 2.24) is 20.1 Å². The second-order valence-corrected chi connectivity index (χ2v) is 10.7. The Bertz CT molecular complexity index is 965. The molecular formula is C22H32N6O3S. The van der Waals surface area contributed by atoms with Crippen LogP contribution in [0.15, 0.2) is 9.42 Å². The molecule has 9 nitrogen and oxygen atoms in total. The van der Waals surface area contributed by atoms with Crippen LogP contribution in [0.25, 0.3) is 0 Å². The summed E-state index contributed by atoms with van der Waals surface area (Å²) in [7, 11) is -1.03. The summed E-state index contributed by atoms with van der Waals surface area (Å²) in [6.45, 7) is 7.38. The van der Waals surface area contributed by atoms with Crippen LogP contribution in [-0.2, 0) is 22.0 Å². The Kier molecular flexibility index (Phi) is 6.41. The summed E-state index contributed by atoms with van der Waals surface area (Å²) >= 11 is 0. The zero-order chi connectivity index (χ0) is 22.1. The fourth-order valence-corrected chi connectivity index (χ4v) is 5.95. The van der Waals surface area contributed by atoms with Crippen LogP contribution in [0.2, 0.25) is 0 Å². The van der Waals surface area contributed by atoms with Crippen molar-refractivity contribution in [2.45, 2.75) is 75.1 Å². The molecule has 0 radical (unpaired) electrons. The number of ether oxygens (including phenoxy) is 1. The van der Waals surface area contributed by atoms with Crippen LogP contribution in [0.4, 0.5) is 11.8 Å². The Morgan fingerprint density at radius 2 is 1.94 bits per heavy atom. The van der Waals surface area contributed by atoms with E-state index in [0.717, 1.165) is 98.9 Å². The van der Waals surface area contributed by atoms with E-state index in [1.165, 1.54) is 0 Å². The molecule has 2 unspecified atom stereocenters. The number of aromatic nitrogens is 4. The molecule has 2 fully saturated rings. The van der Waals surface area contributed by atoms with Gasteiger partial charge in [0.15, 0.2) is 5.82 Å². The normalized spacial score (nSPS) is 24.5. The molecule has 2 atom stereocenters. The Morgan fingerprint density at radius 3 is 2.72 bits per heavy atom. The van der Waals surface area contributed by atoms with Gasteiger partial charge in [-0.1, -0.05) is 19.0 Å². The number of aryl methyl sites for hydroxylation is 1. The van der Waals surface area contributed by atoms with Gasteiger partial charge in [0.25, 0.3) is 0 Å². The van der Waals surface area contributed by atoms with Crippen LogP contribution in [0.5, 0.6) is 0 Å². The number of anilines is 2. The van der Waals surface area contributed by atoms with Gasteiger partial charge < -0.3 is 19.5 Å². The standard InChI is InChI=1S/C22H32N6O3S/c1-14(2)19-25-21(31-27-19)15-5-9-28(10-6-15)22-24-17-8-13-32(29)18(17)20(26-22)23-16-4-3-11-30-12-7-16/h14-16H,3-13H2,1-2H3,(H,23,24,26). The van der Waals surface area contributed by atoms with E-state index in [9.17, 15) is 4.21 Å². The molecule has 2 aromatic rings. The molecule has 0 amide bonds. The molecule has 2 saturated heterocycles. The quantitative estimate of drug-likeness (QED) is 0.720. The molecule has 0 aromatic carbocycles. The highest BCUT2D eigenvalue weighted by Crippen LogP contribution is 2.34. The molecule has 3 aliphatic heterocycles. The van der Waals surface area contributed by atoms with Crippen molar-refractivity contribution in [3.8, 4) is 0 Å². The molecule has 3 aliphatic rings. The largest absolute Gasteiger partial charge is 0.381 e. The monoisotopic (exact) mass is 460 g/mol. The average Bonchev–Trinajstić information content (AvgIpc) is 3.35. The summed E-state index contributed by atoms with van der Waals surface area (Å²) in [5.74, 6) is 4.19. The molecule has 0 spiro atoms. The van der Waals surface area contributed by atoms with Crippen molar-refractivity contribution in [1.29, 1.82) is 0 Å². The van der Waals surface area contributed by atoms with Crippen molar-refractivity contribution in [2.24, 2.45) is 0 Å². The lowest BCUT2D eigenvalue weighted by atomic mass is 9.97. The van der Waals surface area contributed by atoms with Crippen LogP contribution in [-0.4, -0.2) is 62.4 Å². The summed E-state index contributed by atoms with van der Waals surface area (Å²) in [6.07, 6.45) is 5.60. The van der Waals surface area contributed by atoms with Gasteiger partial charge in [-0.3, -0.25) is 4.21 Å². The van der Waals surface area contributed by atoms with Crippen molar-refractivity contribution >= 4 is 22.6 Å². The second-order valence-electron chi connectivity index (χ2n) is 9.24. The van der Waals surface area contributed by atoms with E-state index >= 15 is 0 Å². The zero-order valence-electron chi connectivity index (χ0n) is 18.9. The van der Waals surface area contributed by atoms with Crippen molar-refractivity contribution in [3.05, 3.63) is 17.4 Å². The van der Waals surface area contributed by atoms with Crippen LogP contribution < -0.4 is 10.2 Å². The van der Waals surface area contributed by atoms with E-state index in [4.69, 9.17) is 19.2 Å². The predicted octanol–water partition coefficient (Wildman–Crippen LogP) is 3.01. The maximum atomic E-state index is 12.7. The molecule has 0 saturated carbocycles. The van der Waals surface area contributed by atoms with Gasteiger partial charge in [0.05, 0.1) is 16.5 Å². The SMILES string of the molecule is CC(C)c1noc(C2CCN(c3nc4c(c(NC5CCCOCC5)n3)S(=O)CC4)CC2)n1. The first kappa shape index (κ1) is 21.8. The highest BCUT2D eigenvalue weighted by Gasteiger charge is 2.31. The molecule has 10 heteroatoms. The smallest absolute Gasteiger partial charge is 0.229 e. The van der Waals surface area contributed by atoms with E-state index in [1.807, 2.05) is 0 Å². The lowest BCUT2D eigenvalue weighted by Gasteiger charge is -2.31.